The fraction of sp³-hybridized carbons (Fsp3) is 1.00. The van der Waals surface area contributed by atoms with Gasteiger partial charge in [0.25, 0.3) is 0 Å². The van der Waals surface area contributed by atoms with Crippen molar-refractivity contribution in [1.82, 2.24) is 10.2 Å². The Morgan fingerprint density at radius 1 is 1.00 bits per heavy atom. The molecule has 1 aliphatic carbocycles. The second-order valence-corrected chi connectivity index (χ2v) is 6.67. The summed E-state index contributed by atoms with van der Waals surface area (Å²) in [5.74, 6) is 1.03. The molecule has 0 bridgehead atoms. The highest BCUT2D eigenvalue weighted by molar-refractivity contribution is 4.87. The summed E-state index contributed by atoms with van der Waals surface area (Å²) in [4.78, 5) is 2.87. The molecule has 1 atom stereocenters. The van der Waals surface area contributed by atoms with Crippen LogP contribution >= 0.6 is 0 Å². The summed E-state index contributed by atoms with van der Waals surface area (Å²) in [5.41, 5.74) is 0. The zero-order valence-corrected chi connectivity index (χ0v) is 13.2. The van der Waals surface area contributed by atoms with E-state index in [0.29, 0.717) is 0 Å². The summed E-state index contributed by atoms with van der Waals surface area (Å²) in [5, 5.41) is 3.65. The van der Waals surface area contributed by atoms with Gasteiger partial charge in [0.1, 0.15) is 0 Å². The van der Waals surface area contributed by atoms with E-state index in [1.54, 1.807) is 0 Å². The highest BCUT2D eigenvalue weighted by atomic mass is 15.2. The van der Waals surface area contributed by atoms with Crippen molar-refractivity contribution in [2.45, 2.75) is 83.7 Å². The van der Waals surface area contributed by atoms with E-state index in [0.717, 1.165) is 18.0 Å². The monoisotopic (exact) mass is 266 g/mol. The van der Waals surface area contributed by atoms with Crippen LogP contribution in [-0.4, -0.2) is 36.6 Å². The molecule has 1 heterocycles. The molecule has 1 aliphatic heterocycles. The Labute approximate surface area is 120 Å². The molecule has 1 saturated carbocycles. The summed E-state index contributed by atoms with van der Waals surface area (Å²) in [6, 6.07) is 1.72. The normalized spacial score (nSPS) is 33.5. The third-order valence-corrected chi connectivity index (χ3v) is 5.34. The van der Waals surface area contributed by atoms with E-state index < -0.39 is 0 Å². The molecule has 1 unspecified atom stereocenters. The average molecular weight is 266 g/mol. The zero-order valence-electron chi connectivity index (χ0n) is 13.2. The molecule has 0 aromatic heterocycles. The van der Waals surface area contributed by atoms with Gasteiger partial charge in [0.2, 0.25) is 0 Å². The van der Waals surface area contributed by atoms with Crippen molar-refractivity contribution in [3.05, 3.63) is 0 Å². The lowest BCUT2D eigenvalue weighted by atomic mass is 9.82. The molecule has 2 heteroatoms. The number of hydrogen-bond donors (Lipinski definition) is 1. The lowest BCUT2D eigenvalue weighted by Gasteiger charge is -2.44. The van der Waals surface area contributed by atoms with Crippen LogP contribution in [0.5, 0.6) is 0 Å². The molecular formula is C17H34N2. The molecule has 0 aromatic carbocycles. The van der Waals surface area contributed by atoms with Crippen molar-refractivity contribution in [2.75, 3.05) is 19.6 Å². The Bertz CT molecular complexity index is 229. The van der Waals surface area contributed by atoms with Crippen LogP contribution in [0.25, 0.3) is 0 Å². The van der Waals surface area contributed by atoms with E-state index in [-0.39, 0.29) is 0 Å². The minimum atomic E-state index is 0.823. The second kappa shape index (κ2) is 8.26. The van der Waals surface area contributed by atoms with Gasteiger partial charge in [-0.05, 0) is 64.0 Å². The first-order chi connectivity index (χ1) is 9.35. The number of rotatable bonds is 6. The number of nitrogens with zero attached hydrogens (tertiary/aromatic N) is 1. The van der Waals surface area contributed by atoms with Crippen molar-refractivity contribution in [3.63, 3.8) is 0 Å². The molecule has 2 rings (SSSR count). The molecule has 1 N–H and O–H groups in total. The first-order valence-corrected chi connectivity index (χ1v) is 8.81. The van der Waals surface area contributed by atoms with E-state index >= 15 is 0 Å². The topological polar surface area (TPSA) is 15.3 Å². The lowest BCUT2D eigenvalue weighted by Crippen LogP contribution is -2.51. The molecule has 0 amide bonds. The molecule has 0 spiro atoms. The molecule has 2 aliphatic rings. The van der Waals surface area contributed by atoms with Crippen LogP contribution in [0.3, 0.4) is 0 Å². The van der Waals surface area contributed by atoms with Gasteiger partial charge in [0.15, 0.2) is 0 Å². The van der Waals surface area contributed by atoms with Crippen molar-refractivity contribution < 1.29 is 0 Å². The van der Waals surface area contributed by atoms with Crippen LogP contribution in [0.1, 0.15) is 71.6 Å². The maximum Gasteiger partial charge on any atom is 0.0223 e. The molecular weight excluding hydrogens is 232 g/mol. The molecule has 0 aromatic rings. The third kappa shape index (κ3) is 4.46. The lowest BCUT2D eigenvalue weighted by molar-refractivity contribution is 0.0620. The molecule has 2 fully saturated rings. The van der Waals surface area contributed by atoms with Crippen LogP contribution < -0.4 is 5.32 Å². The highest BCUT2D eigenvalue weighted by Crippen LogP contribution is 2.32. The fourth-order valence-electron chi connectivity index (χ4n) is 4.05. The van der Waals surface area contributed by atoms with Crippen molar-refractivity contribution >= 4 is 0 Å². The van der Waals surface area contributed by atoms with Gasteiger partial charge in [-0.2, -0.15) is 0 Å². The van der Waals surface area contributed by atoms with E-state index in [9.17, 15) is 0 Å². The van der Waals surface area contributed by atoms with Crippen LogP contribution in [0.2, 0.25) is 0 Å². The molecule has 2 nitrogen and oxygen atoms in total. The third-order valence-electron chi connectivity index (χ3n) is 5.34. The average Bonchev–Trinajstić information content (AvgIpc) is 2.48. The van der Waals surface area contributed by atoms with Gasteiger partial charge in [-0.15, -0.1) is 0 Å². The number of likely N-dealkylation sites (tertiary alicyclic amines) is 1. The van der Waals surface area contributed by atoms with E-state index in [4.69, 9.17) is 0 Å². The molecule has 0 radical (unpaired) electrons. The Morgan fingerprint density at radius 2 is 1.79 bits per heavy atom. The Kier molecular flexibility index (Phi) is 6.66. The van der Waals surface area contributed by atoms with Crippen molar-refractivity contribution in [3.8, 4) is 0 Å². The summed E-state index contributed by atoms with van der Waals surface area (Å²) in [6.07, 6.45) is 12.8. The summed E-state index contributed by atoms with van der Waals surface area (Å²) in [7, 11) is 0. The smallest absolute Gasteiger partial charge is 0.0223 e. The first-order valence-electron chi connectivity index (χ1n) is 8.81. The Morgan fingerprint density at radius 3 is 2.47 bits per heavy atom. The first kappa shape index (κ1) is 15.3. The van der Waals surface area contributed by atoms with Crippen LogP contribution in [0.15, 0.2) is 0 Å². The maximum absolute atomic E-state index is 3.65. The van der Waals surface area contributed by atoms with E-state index in [1.165, 1.54) is 77.4 Å². The molecule has 1 saturated heterocycles. The second-order valence-electron chi connectivity index (χ2n) is 6.67. The maximum atomic E-state index is 3.65. The van der Waals surface area contributed by atoms with Crippen LogP contribution in [0.4, 0.5) is 0 Å². The Balaban J connectivity index is 1.81. The standard InChI is InChI=1S/C17H34N2/c1-3-12-18-14-17-7-5-6-13-19(17)16-10-8-15(4-2)9-11-16/h15-18H,3-14H2,1-2H3. The summed E-state index contributed by atoms with van der Waals surface area (Å²) >= 11 is 0. The van der Waals surface area contributed by atoms with Gasteiger partial charge in [0.05, 0.1) is 0 Å². The quantitative estimate of drug-likeness (QED) is 0.736. The van der Waals surface area contributed by atoms with Gasteiger partial charge >= 0.3 is 0 Å². The molecule has 112 valence electrons. The van der Waals surface area contributed by atoms with Gasteiger partial charge in [-0.1, -0.05) is 26.7 Å². The predicted molar refractivity (Wildman–Crippen MR) is 83.5 cm³/mol. The van der Waals surface area contributed by atoms with E-state index in [1.807, 2.05) is 0 Å². The minimum absolute atomic E-state index is 0.823. The van der Waals surface area contributed by atoms with Gasteiger partial charge < -0.3 is 5.32 Å². The SMILES string of the molecule is CCCNCC1CCCCN1C1CCC(CC)CC1. The van der Waals surface area contributed by atoms with Gasteiger partial charge in [-0.3, -0.25) is 4.90 Å². The number of nitrogens with one attached hydrogen (secondary N) is 1. The summed E-state index contributed by atoms with van der Waals surface area (Å²) < 4.78 is 0. The predicted octanol–water partition coefficient (Wildman–Crippen LogP) is 3.81. The number of hydrogen-bond acceptors (Lipinski definition) is 2. The minimum Gasteiger partial charge on any atom is -0.315 e. The van der Waals surface area contributed by atoms with Crippen LogP contribution in [-0.2, 0) is 0 Å². The van der Waals surface area contributed by atoms with Gasteiger partial charge in [-0.25, -0.2) is 0 Å². The van der Waals surface area contributed by atoms with E-state index in [2.05, 4.69) is 24.1 Å². The summed E-state index contributed by atoms with van der Waals surface area (Å²) in [6.45, 7) is 8.40. The highest BCUT2D eigenvalue weighted by Gasteiger charge is 2.31. The zero-order chi connectivity index (χ0) is 13.5. The van der Waals surface area contributed by atoms with Crippen molar-refractivity contribution in [2.24, 2.45) is 5.92 Å². The van der Waals surface area contributed by atoms with Gasteiger partial charge in [0, 0.05) is 18.6 Å². The Hall–Kier alpha value is -0.0800. The number of piperidine rings is 1. The largest absolute Gasteiger partial charge is 0.315 e. The fourth-order valence-corrected chi connectivity index (χ4v) is 4.05. The molecule has 19 heavy (non-hydrogen) atoms. The van der Waals surface area contributed by atoms with Crippen molar-refractivity contribution in [1.29, 1.82) is 0 Å². The van der Waals surface area contributed by atoms with Crippen LogP contribution in [0, 0.1) is 5.92 Å².